The minimum Gasteiger partial charge on any atom is -0.494 e. The first-order valence-electron chi connectivity index (χ1n) is 15.7. The summed E-state index contributed by atoms with van der Waals surface area (Å²) >= 11 is 0. The van der Waals surface area contributed by atoms with E-state index in [4.69, 9.17) is 4.74 Å². The Hall–Kier alpha value is -4.70. The molecule has 4 aromatic rings. The Kier molecular flexibility index (Phi) is 12.1. The molecule has 4 rings (SSSR count). The van der Waals surface area contributed by atoms with Crippen molar-refractivity contribution in [2.45, 2.75) is 51.6 Å². The highest BCUT2D eigenvalue weighted by molar-refractivity contribution is 7.92. The van der Waals surface area contributed by atoms with Gasteiger partial charge < -0.3 is 15.0 Å². The van der Waals surface area contributed by atoms with Gasteiger partial charge in [0.1, 0.15) is 24.2 Å². The molecule has 0 radical (unpaired) electrons. The summed E-state index contributed by atoms with van der Waals surface area (Å²) in [5.41, 5.74) is 2.10. The molecule has 0 aliphatic heterocycles. The van der Waals surface area contributed by atoms with Crippen molar-refractivity contribution in [2.24, 2.45) is 5.92 Å². The molecule has 0 heterocycles. The Labute approximate surface area is 277 Å². The van der Waals surface area contributed by atoms with Gasteiger partial charge in [-0.2, -0.15) is 0 Å². The van der Waals surface area contributed by atoms with Gasteiger partial charge in [-0.25, -0.2) is 12.8 Å². The molecule has 2 amide bonds. The third kappa shape index (κ3) is 9.42. The van der Waals surface area contributed by atoms with E-state index in [1.807, 2.05) is 58.0 Å². The van der Waals surface area contributed by atoms with E-state index >= 15 is 4.39 Å². The Balaban J connectivity index is 1.80. The lowest BCUT2D eigenvalue weighted by atomic mass is 10.0. The molecule has 0 aliphatic carbocycles. The van der Waals surface area contributed by atoms with Crippen LogP contribution in [0.1, 0.15) is 37.5 Å². The molecule has 4 aromatic carbocycles. The monoisotopic (exact) mass is 659 g/mol. The minimum atomic E-state index is -4.26. The summed E-state index contributed by atoms with van der Waals surface area (Å²) in [6.45, 7) is 7.51. The van der Waals surface area contributed by atoms with E-state index in [2.05, 4.69) is 5.32 Å². The quantitative estimate of drug-likeness (QED) is 0.166. The van der Waals surface area contributed by atoms with Gasteiger partial charge in [-0.3, -0.25) is 13.9 Å². The molecular formula is C37H42FN3O5S. The molecule has 47 heavy (non-hydrogen) atoms. The first-order valence-corrected chi connectivity index (χ1v) is 17.1. The van der Waals surface area contributed by atoms with Crippen molar-refractivity contribution in [3.05, 3.63) is 126 Å². The summed E-state index contributed by atoms with van der Waals surface area (Å²) in [7, 11) is -4.26. The van der Waals surface area contributed by atoms with Crippen molar-refractivity contribution < 1.29 is 27.1 Å². The molecule has 10 heteroatoms. The first-order chi connectivity index (χ1) is 22.5. The number of nitrogens with zero attached hydrogens (tertiary/aromatic N) is 2. The van der Waals surface area contributed by atoms with Crippen LogP contribution in [0.15, 0.2) is 108 Å². The molecule has 0 saturated heterocycles. The maximum atomic E-state index is 15.1. The van der Waals surface area contributed by atoms with Crippen LogP contribution in [-0.2, 0) is 32.6 Å². The lowest BCUT2D eigenvalue weighted by Gasteiger charge is -2.34. The Morgan fingerprint density at radius 3 is 2.13 bits per heavy atom. The van der Waals surface area contributed by atoms with Gasteiger partial charge >= 0.3 is 0 Å². The molecule has 0 saturated carbocycles. The highest BCUT2D eigenvalue weighted by Gasteiger charge is 2.35. The normalized spacial score (nSPS) is 12.0. The van der Waals surface area contributed by atoms with Crippen LogP contribution in [0.4, 0.5) is 10.1 Å². The van der Waals surface area contributed by atoms with Crippen LogP contribution in [0.2, 0.25) is 0 Å². The smallest absolute Gasteiger partial charge is 0.264 e. The predicted octanol–water partition coefficient (Wildman–Crippen LogP) is 6.14. The van der Waals surface area contributed by atoms with Gasteiger partial charge in [0.05, 0.1) is 17.2 Å². The number of sulfonamides is 1. The number of rotatable bonds is 15. The molecule has 8 nitrogen and oxygen atoms in total. The second kappa shape index (κ2) is 16.2. The average molecular weight is 660 g/mol. The van der Waals surface area contributed by atoms with Crippen molar-refractivity contribution in [1.82, 2.24) is 10.2 Å². The molecule has 0 spiro atoms. The number of halogens is 1. The largest absolute Gasteiger partial charge is 0.494 e. The minimum absolute atomic E-state index is 0.000880. The second-order valence-corrected chi connectivity index (χ2v) is 13.6. The van der Waals surface area contributed by atoms with Crippen LogP contribution >= 0.6 is 0 Å². The third-order valence-corrected chi connectivity index (χ3v) is 9.37. The maximum absolute atomic E-state index is 15.1. The molecule has 0 unspecified atom stereocenters. The van der Waals surface area contributed by atoms with Gasteiger partial charge in [0, 0.05) is 25.1 Å². The molecule has 0 fully saturated rings. The van der Waals surface area contributed by atoms with E-state index in [1.54, 1.807) is 54.6 Å². The molecule has 1 N–H and O–H groups in total. The SMILES string of the molecule is CCOc1ccc(N(CC(=O)N(Cc2ccccc2F)[C@@H](Cc2ccccc2)C(=O)NCC(C)C)S(=O)(=O)c2ccc(C)cc2)cc1. The first kappa shape index (κ1) is 35.2. The zero-order valence-corrected chi connectivity index (χ0v) is 28.0. The van der Waals surface area contributed by atoms with Crippen LogP contribution in [0, 0.1) is 18.7 Å². The van der Waals surface area contributed by atoms with Crippen LogP contribution < -0.4 is 14.4 Å². The van der Waals surface area contributed by atoms with Gasteiger partial charge in [0.25, 0.3) is 10.0 Å². The summed E-state index contributed by atoms with van der Waals surface area (Å²) in [5, 5.41) is 2.93. The maximum Gasteiger partial charge on any atom is 0.264 e. The topological polar surface area (TPSA) is 96.0 Å². The summed E-state index contributed by atoms with van der Waals surface area (Å²) in [4.78, 5) is 29.6. The lowest BCUT2D eigenvalue weighted by Crippen LogP contribution is -2.53. The van der Waals surface area contributed by atoms with Crippen LogP contribution in [0.3, 0.4) is 0 Å². The van der Waals surface area contributed by atoms with Gasteiger partial charge in [-0.05, 0) is 67.8 Å². The number of anilines is 1. The molecule has 248 valence electrons. The lowest BCUT2D eigenvalue weighted by molar-refractivity contribution is -0.140. The molecule has 0 aromatic heterocycles. The van der Waals surface area contributed by atoms with E-state index in [-0.39, 0.29) is 35.0 Å². The van der Waals surface area contributed by atoms with Crippen LogP contribution in [-0.4, -0.2) is 50.9 Å². The summed E-state index contributed by atoms with van der Waals surface area (Å²) < 4.78 is 50.0. The number of amides is 2. The Morgan fingerprint density at radius 2 is 1.51 bits per heavy atom. The van der Waals surface area contributed by atoms with Crippen molar-refractivity contribution in [1.29, 1.82) is 0 Å². The van der Waals surface area contributed by atoms with E-state index < -0.39 is 40.2 Å². The van der Waals surface area contributed by atoms with Gasteiger partial charge in [-0.15, -0.1) is 0 Å². The highest BCUT2D eigenvalue weighted by atomic mass is 32.2. The third-order valence-electron chi connectivity index (χ3n) is 7.58. The van der Waals surface area contributed by atoms with Crippen LogP contribution in [0.5, 0.6) is 5.75 Å². The van der Waals surface area contributed by atoms with Crippen LogP contribution in [0.25, 0.3) is 0 Å². The number of nitrogens with one attached hydrogen (secondary N) is 1. The summed E-state index contributed by atoms with van der Waals surface area (Å²) in [6, 6.07) is 27.0. The highest BCUT2D eigenvalue weighted by Crippen LogP contribution is 2.27. The molecule has 0 aliphatic rings. The average Bonchev–Trinajstić information content (AvgIpc) is 3.06. The zero-order chi connectivity index (χ0) is 34.0. The zero-order valence-electron chi connectivity index (χ0n) is 27.2. The van der Waals surface area contributed by atoms with Crippen molar-refractivity contribution >= 4 is 27.5 Å². The van der Waals surface area contributed by atoms with E-state index in [0.717, 1.165) is 15.4 Å². The Bertz CT molecular complexity index is 1730. The number of benzene rings is 4. The van der Waals surface area contributed by atoms with Gasteiger partial charge in [-0.1, -0.05) is 80.1 Å². The number of aryl methyl sites for hydroxylation is 1. The molecule has 0 bridgehead atoms. The molecular weight excluding hydrogens is 617 g/mol. The number of hydrogen-bond acceptors (Lipinski definition) is 5. The number of hydrogen-bond donors (Lipinski definition) is 1. The molecule has 1 atom stereocenters. The van der Waals surface area contributed by atoms with Gasteiger partial charge in [0.2, 0.25) is 11.8 Å². The number of carbonyl (C=O) groups is 2. The Morgan fingerprint density at radius 1 is 0.872 bits per heavy atom. The van der Waals surface area contributed by atoms with E-state index in [1.165, 1.54) is 23.1 Å². The van der Waals surface area contributed by atoms with E-state index in [9.17, 15) is 18.0 Å². The van der Waals surface area contributed by atoms with Gasteiger partial charge in [0.15, 0.2) is 0 Å². The fraction of sp³-hybridized carbons (Fsp3) is 0.297. The van der Waals surface area contributed by atoms with E-state index in [0.29, 0.717) is 18.9 Å². The fourth-order valence-corrected chi connectivity index (χ4v) is 6.44. The van der Waals surface area contributed by atoms with Crippen molar-refractivity contribution in [2.75, 3.05) is 24.0 Å². The predicted molar refractivity (Wildman–Crippen MR) is 182 cm³/mol. The fourth-order valence-electron chi connectivity index (χ4n) is 5.03. The number of ether oxygens (including phenoxy) is 1. The summed E-state index contributed by atoms with van der Waals surface area (Å²) in [5.74, 6) is -0.940. The summed E-state index contributed by atoms with van der Waals surface area (Å²) in [6.07, 6.45) is 0.138. The van der Waals surface area contributed by atoms with Crippen molar-refractivity contribution in [3.8, 4) is 5.75 Å². The standard InChI is InChI=1S/C37H42FN3O5S/c1-5-46-32-19-17-31(18-20-32)41(47(44,45)33-21-15-28(4)16-22-33)26-36(42)40(25-30-13-9-10-14-34(30)38)35(37(43)39-24-27(2)3)23-29-11-7-6-8-12-29/h6-22,27,35H,5,23-26H2,1-4H3,(H,39,43)/t35-/m0/s1. The second-order valence-electron chi connectivity index (χ2n) is 11.7. The van der Waals surface area contributed by atoms with Crippen molar-refractivity contribution in [3.63, 3.8) is 0 Å². The number of carbonyl (C=O) groups excluding carboxylic acids is 2.